The zero-order chi connectivity index (χ0) is 13.2. The van der Waals surface area contributed by atoms with Gasteiger partial charge in [-0.3, -0.25) is 14.9 Å². The molecular formula is C10H12BrN3O3. The number of anilines is 1. The van der Waals surface area contributed by atoms with E-state index in [9.17, 15) is 14.9 Å². The summed E-state index contributed by atoms with van der Waals surface area (Å²) in [6.07, 6.45) is 0. The summed E-state index contributed by atoms with van der Waals surface area (Å²) >= 11 is 3.13. The standard InChI is InChI=1S/C10H12BrN3O3/c1-10(2,12)9(15)13-7-4-3-6(11)5-8(7)14(16)17/h3-5H,12H2,1-2H3,(H,13,15). The van der Waals surface area contributed by atoms with Crippen molar-refractivity contribution < 1.29 is 9.72 Å². The van der Waals surface area contributed by atoms with Crippen LogP contribution < -0.4 is 11.1 Å². The van der Waals surface area contributed by atoms with Gasteiger partial charge in [-0.05, 0) is 26.0 Å². The Hall–Kier alpha value is -1.47. The molecule has 0 saturated carbocycles. The molecule has 0 saturated heterocycles. The Morgan fingerprint density at radius 3 is 2.59 bits per heavy atom. The second kappa shape index (κ2) is 4.80. The van der Waals surface area contributed by atoms with Crippen LogP contribution in [0, 0.1) is 10.1 Å². The van der Waals surface area contributed by atoms with E-state index in [2.05, 4.69) is 21.2 Å². The predicted octanol–water partition coefficient (Wildman–Crippen LogP) is 2.03. The summed E-state index contributed by atoms with van der Waals surface area (Å²) in [6.45, 7) is 3.04. The minimum atomic E-state index is -1.10. The Labute approximate surface area is 106 Å². The number of benzene rings is 1. The Bertz CT molecular complexity index is 468. The number of nitrogens with one attached hydrogen (secondary N) is 1. The quantitative estimate of drug-likeness (QED) is 0.659. The molecule has 0 unspecified atom stereocenters. The van der Waals surface area contributed by atoms with Crippen molar-refractivity contribution >= 4 is 33.2 Å². The largest absolute Gasteiger partial charge is 0.319 e. The van der Waals surface area contributed by atoms with Gasteiger partial charge in [0.25, 0.3) is 5.69 Å². The van der Waals surface area contributed by atoms with Crippen LogP contribution in [0.2, 0.25) is 0 Å². The van der Waals surface area contributed by atoms with Gasteiger partial charge in [0.2, 0.25) is 5.91 Å². The number of carbonyl (C=O) groups excluding carboxylic acids is 1. The first-order valence-corrected chi connectivity index (χ1v) is 5.55. The fourth-order valence-electron chi connectivity index (χ4n) is 1.04. The molecule has 0 radical (unpaired) electrons. The first kappa shape index (κ1) is 13.6. The molecule has 0 heterocycles. The van der Waals surface area contributed by atoms with Gasteiger partial charge in [-0.25, -0.2) is 0 Å². The predicted molar refractivity (Wildman–Crippen MR) is 67.7 cm³/mol. The highest BCUT2D eigenvalue weighted by Crippen LogP contribution is 2.28. The molecule has 1 amide bonds. The van der Waals surface area contributed by atoms with Crippen LogP contribution in [0.25, 0.3) is 0 Å². The van der Waals surface area contributed by atoms with Crippen molar-refractivity contribution in [2.45, 2.75) is 19.4 Å². The summed E-state index contributed by atoms with van der Waals surface area (Å²) in [5.74, 6) is -0.483. The second-order valence-electron chi connectivity index (χ2n) is 4.09. The van der Waals surface area contributed by atoms with Crippen LogP contribution in [-0.4, -0.2) is 16.4 Å². The van der Waals surface area contributed by atoms with Gasteiger partial charge in [-0.1, -0.05) is 15.9 Å². The van der Waals surface area contributed by atoms with Crippen LogP contribution in [0.15, 0.2) is 22.7 Å². The lowest BCUT2D eigenvalue weighted by molar-refractivity contribution is -0.384. The number of nitro benzene ring substituents is 1. The highest BCUT2D eigenvalue weighted by molar-refractivity contribution is 9.10. The molecule has 0 fully saturated rings. The molecule has 7 heteroatoms. The molecule has 1 aromatic rings. The van der Waals surface area contributed by atoms with Crippen LogP contribution in [0.1, 0.15) is 13.8 Å². The number of rotatable bonds is 3. The molecule has 0 bridgehead atoms. The molecule has 0 aromatic heterocycles. The number of nitrogens with two attached hydrogens (primary N) is 1. The number of hydrogen-bond donors (Lipinski definition) is 2. The molecule has 92 valence electrons. The molecule has 1 rings (SSSR count). The van der Waals surface area contributed by atoms with Gasteiger partial charge >= 0.3 is 0 Å². The van der Waals surface area contributed by atoms with E-state index >= 15 is 0 Å². The number of nitro groups is 1. The second-order valence-corrected chi connectivity index (χ2v) is 5.01. The van der Waals surface area contributed by atoms with Crippen molar-refractivity contribution in [1.82, 2.24) is 0 Å². The lowest BCUT2D eigenvalue weighted by atomic mass is 10.1. The maximum absolute atomic E-state index is 11.6. The van der Waals surface area contributed by atoms with E-state index in [0.29, 0.717) is 4.47 Å². The fourth-order valence-corrected chi connectivity index (χ4v) is 1.39. The molecule has 1 aromatic carbocycles. The van der Waals surface area contributed by atoms with Crippen molar-refractivity contribution in [3.63, 3.8) is 0 Å². The van der Waals surface area contributed by atoms with Crippen molar-refractivity contribution in [1.29, 1.82) is 0 Å². The molecule has 6 nitrogen and oxygen atoms in total. The Balaban J connectivity index is 3.07. The minimum Gasteiger partial charge on any atom is -0.319 e. The average molecular weight is 302 g/mol. The molecular weight excluding hydrogens is 290 g/mol. The Morgan fingerprint density at radius 1 is 1.53 bits per heavy atom. The topological polar surface area (TPSA) is 98.3 Å². The van der Waals surface area contributed by atoms with Gasteiger partial charge in [-0.15, -0.1) is 0 Å². The van der Waals surface area contributed by atoms with Crippen LogP contribution in [-0.2, 0) is 4.79 Å². The first-order valence-electron chi connectivity index (χ1n) is 4.76. The van der Waals surface area contributed by atoms with Crippen molar-refractivity contribution in [2.24, 2.45) is 5.73 Å². The van der Waals surface area contributed by atoms with E-state index in [0.717, 1.165) is 0 Å². The molecule has 0 aliphatic carbocycles. The zero-order valence-electron chi connectivity index (χ0n) is 9.36. The van der Waals surface area contributed by atoms with Crippen LogP contribution in [0.4, 0.5) is 11.4 Å². The lowest BCUT2D eigenvalue weighted by Crippen LogP contribution is -2.45. The number of hydrogen-bond acceptors (Lipinski definition) is 4. The van der Waals surface area contributed by atoms with Gasteiger partial charge in [-0.2, -0.15) is 0 Å². The third kappa shape index (κ3) is 3.50. The Morgan fingerprint density at radius 2 is 2.12 bits per heavy atom. The fraction of sp³-hybridized carbons (Fsp3) is 0.300. The summed E-state index contributed by atoms with van der Waals surface area (Å²) in [6, 6.07) is 4.37. The molecule has 17 heavy (non-hydrogen) atoms. The lowest BCUT2D eigenvalue weighted by Gasteiger charge is -2.17. The average Bonchev–Trinajstić information content (AvgIpc) is 2.18. The number of nitrogens with zero attached hydrogens (tertiary/aromatic N) is 1. The minimum absolute atomic E-state index is 0.127. The van der Waals surface area contributed by atoms with E-state index in [4.69, 9.17) is 5.73 Å². The first-order chi connectivity index (χ1) is 7.71. The van der Waals surface area contributed by atoms with Gasteiger partial charge in [0.05, 0.1) is 10.5 Å². The van der Waals surface area contributed by atoms with Gasteiger partial charge in [0.1, 0.15) is 5.69 Å². The Kier molecular flexibility index (Phi) is 3.84. The third-order valence-corrected chi connectivity index (χ3v) is 2.48. The molecule has 3 N–H and O–H groups in total. The van der Waals surface area contributed by atoms with Crippen LogP contribution in [0.5, 0.6) is 0 Å². The third-order valence-electron chi connectivity index (χ3n) is 1.99. The maximum Gasteiger partial charge on any atom is 0.293 e. The summed E-state index contributed by atoms with van der Waals surface area (Å²) in [5, 5.41) is 13.2. The van der Waals surface area contributed by atoms with E-state index in [1.54, 1.807) is 6.07 Å². The molecule has 0 aliphatic rings. The smallest absolute Gasteiger partial charge is 0.293 e. The van der Waals surface area contributed by atoms with Gasteiger partial charge in [0, 0.05) is 10.5 Å². The summed E-state index contributed by atoms with van der Waals surface area (Å²) in [7, 11) is 0. The maximum atomic E-state index is 11.6. The molecule has 0 atom stereocenters. The summed E-state index contributed by atoms with van der Waals surface area (Å²) in [4.78, 5) is 21.9. The van der Waals surface area contributed by atoms with Crippen molar-refractivity contribution in [3.8, 4) is 0 Å². The normalized spacial score (nSPS) is 11.1. The summed E-state index contributed by atoms with van der Waals surface area (Å²) < 4.78 is 0.564. The van der Waals surface area contributed by atoms with Gasteiger partial charge in [0.15, 0.2) is 0 Å². The summed E-state index contributed by atoms with van der Waals surface area (Å²) in [5.41, 5.74) is 4.44. The van der Waals surface area contributed by atoms with Crippen molar-refractivity contribution in [3.05, 3.63) is 32.8 Å². The van der Waals surface area contributed by atoms with Crippen LogP contribution in [0.3, 0.4) is 0 Å². The SMILES string of the molecule is CC(C)(N)C(=O)Nc1ccc(Br)cc1[N+](=O)[O-]. The number of amides is 1. The van der Waals surface area contributed by atoms with Crippen LogP contribution >= 0.6 is 15.9 Å². The van der Waals surface area contributed by atoms with E-state index in [1.807, 2.05) is 0 Å². The van der Waals surface area contributed by atoms with E-state index in [-0.39, 0.29) is 11.4 Å². The van der Waals surface area contributed by atoms with Crippen molar-refractivity contribution in [2.75, 3.05) is 5.32 Å². The number of halogens is 1. The van der Waals surface area contributed by atoms with Gasteiger partial charge < -0.3 is 11.1 Å². The molecule has 0 aliphatic heterocycles. The van der Waals surface area contributed by atoms with E-state index < -0.39 is 16.4 Å². The monoisotopic (exact) mass is 301 g/mol. The number of carbonyl (C=O) groups is 1. The highest BCUT2D eigenvalue weighted by Gasteiger charge is 2.24. The van der Waals surface area contributed by atoms with E-state index in [1.165, 1.54) is 26.0 Å². The highest BCUT2D eigenvalue weighted by atomic mass is 79.9. The molecule has 0 spiro atoms. The zero-order valence-corrected chi connectivity index (χ0v) is 10.9.